The molecule has 0 atom stereocenters. The van der Waals surface area contributed by atoms with E-state index in [9.17, 15) is 4.79 Å². The van der Waals surface area contributed by atoms with Crippen LogP contribution in [0.3, 0.4) is 0 Å². The molecule has 1 aliphatic heterocycles. The van der Waals surface area contributed by atoms with Crippen molar-refractivity contribution in [2.75, 3.05) is 13.7 Å². The van der Waals surface area contributed by atoms with Crippen LogP contribution in [0.2, 0.25) is 0 Å². The number of allylic oxidation sites excluding steroid dienone is 1. The minimum Gasteiger partial charge on any atom is -0.353 e. The number of rotatable bonds is 0. The van der Waals surface area contributed by atoms with Gasteiger partial charge in [-0.1, -0.05) is 0 Å². The van der Waals surface area contributed by atoms with Gasteiger partial charge in [-0.25, -0.2) is 0 Å². The van der Waals surface area contributed by atoms with Crippen molar-refractivity contribution in [2.45, 2.75) is 25.7 Å². The first-order valence-corrected chi connectivity index (χ1v) is 4.50. The fourth-order valence-corrected chi connectivity index (χ4v) is 2.00. The number of carbonyl (C=O) groups excluding carboxylic acids is 1. The van der Waals surface area contributed by atoms with Crippen LogP contribution in [-0.2, 0) is 4.79 Å². The maximum absolute atomic E-state index is 11.4. The fourth-order valence-electron chi connectivity index (χ4n) is 2.00. The second-order valence-corrected chi connectivity index (χ2v) is 3.52. The lowest BCUT2D eigenvalue weighted by molar-refractivity contribution is -0.116. The lowest BCUT2D eigenvalue weighted by Crippen LogP contribution is -2.16. The van der Waals surface area contributed by atoms with E-state index in [2.05, 4.69) is 5.32 Å². The Hall–Kier alpha value is -0.990. The van der Waals surface area contributed by atoms with Crippen LogP contribution in [0.1, 0.15) is 25.7 Å². The number of hydrogen-bond donors (Lipinski definition) is 1. The van der Waals surface area contributed by atoms with Crippen molar-refractivity contribution < 1.29 is 4.79 Å². The zero-order chi connectivity index (χ0) is 8.55. The Morgan fingerprint density at radius 1 is 1.33 bits per heavy atom. The molecule has 1 heterocycles. The number of amides is 1. The summed E-state index contributed by atoms with van der Waals surface area (Å²) in [4.78, 5) is 13.4. The smallest absolute Gasteiger partial charge is 0.268 e. The first kappa shape index (κ1) is 7.65. The maximum atomic E-state index is 11.4. The first-order valence-electron chi connectivity index (χ1n) is 4.50. The summed E-state index contributed by atoms with van der Waals surface area (Å²) in [6.45, 7) is 0.678. The van der Waals surface area contributed by atoms with Crippen LogP contribution in [0.5, 0.6) is 0 Å². The second kappa shape index (κ2) is 2.81. The SMILES string of the molecule is CN1CNC(=O)C1=C1CCCC1. The Morgan fingerprint density at radius 2 is 2.00 bits per heavy atom. The van der Waals surface area contributed by atoms with Gasteiger partial charge in [0.05, 0.1) is 6.67 Å². The van der Waals surface area contributed by atoms with Crippen LogP contribution in [0.15, 0.2) is 11.3 Å². The molecule has 1 saturated heterocycles. The topological polar surface area (TPSA) is 32.3 Å². The molecule has 0 aromatic heterocycles. The average molecular weight is 166 g/mol. The maximum Gasteiger partial charge on any atom is 0.268 e. The van der Waals surface area contributed by atoms with Crippen molar-refractivity contribution in [3.8, 4) is 0 Å². The third-order valence-electron chi connectivity index (χ3n) is 2.62. The normalized spacial score (nSPS) is 23.8. The molecule has 3 nitrogen and oxygen atoms in total. The van der Waals surface area contributed by atoms with Gasteiger partial charge in [0.25, 0.3) is 5.91 Å². The third kappa shape index (κ3) is 1.09. The molecule has 1 amide bonds. The minimum atomic E-state index is 0.120. The Bertz CT molecular complexity index is 237. The zero-order valence-electron chi connectivity index (χ0n) is 7.39. The van der Waals surface area contributed by atoms with E-state index in [-0.39, 0.29) is 5.91 Å². The molecule has 2 fully saturated rings. The van der Waals surface area contributed by atoms with Gasteiger partial charge in [0.2, 0.25) is 0 Å². The van der Waals surface area contributed by atoms with Gasteiger partial charge >= 0.3 is 0 Å². The van der Waals surface area contributed by atoms with Crippen molar-refractivity contribution in [2.24, 2.45) is 0 Å². The second-order valence-electron chi connectivity index (χ2n) is 3.52. The van der Waals surface area contributed by atoms with Crippen molar-refractivity contribution in [1.82, 2.24) is 10.2 Å². The quantitative estimate of drug-likeness (QED) is 0.541. The van der Waals surface area contributed by atoms with Crippen molar-refractivity contribution >= 4 is 5.91 Å². The summed E-state index contributed by atoms with van der Waals surface area (Å²) in [7, 11) is 1.97. The molecule has 0 aromatic rings. The molecule has 1 aliphatic carbocycles. The van der Waals surface area contributed by atoms with Gasteiger partial charge in [0.1, 0.15) is 5.70 Å². The van der Waals surface area contributed by atoms with Gasteiger partial charge in [-0.05, 0) is 31.3 Å². The largest absolute Gasteiger partial charge is 0.353 e. The molecule has 3 heteroatoms. The van der Waals surface area contributed by atoms with Crippen LogP contribution >= 0.6 is 0 Å². The van der Waals surface area contributed by atoms with Gasteiger partial charge in [0, 0.05) is 7.05 Å². The number of carbonyl (C=O) groups is 1. The van der Waals surface area contributed by atoms with Crippen molar-refractivity contribution in [3.63, 3.8) is 0 Å². The molecule has 1 N–H and O–H groups in total. The van der Waals surface area contributed by atoms with Crippen LogP contribution < -0.4 is 5.32 Å². The number of nitrogens with one attached hydrogen (secondary N) is 1. The predicted octanol–water partition coefficient (Wildman–Crippen LogP) is 0.834. The van der Waals surface area contributed by atoms with E-state index in [0.29, 0.717) is 6.67 Å². The minimum absolute atomic E-state index is 0.120. The molecule has 0 spiro atoms. The fraction of sp³-hybridized carbons (Fsp3) is 0.667. The molecule has 2 aliphatic rings. The first-order chi connectivity index (χ1) is 5.79. The summed E-state index contributed by atoms with van der Waals surface area (Å²) in [5, 5.41) is 2.83. The molecule has 12 heavy (non-hydrogen) atoms. The van der Waals surface area contributed by atoms with Crippen LogP contribution in [-0.4, -0.2) is 24.5 Å². The number of hydrogen-bond acceptors (Lipinski definition) is 2. The van der Waals surface area contributed by atoms with Gasteiger partial charge in [0.15, 0.2) is 0 Å². The molecule has 1 saturated carbocycles. The highest BCUT2D eigenvalue weighted by Crippen LogP contribution is 2.29. The van der Waals surface area contributed by atoms with Crippen molar-refractivity contribution in [1.29, 1.82) is 0 Å². The average Bonchev–Trinajstić information content (AvgIpc) is 2.61. The zero-order valence-corrected chi connectivity index (χ0v) is 7.39. The van der Waals surface area contributed by atoms with Crippen molar-refractivity contribution in [3.05, 3.63) is 11.3 Å². The molecule has 0 aromatic carbocycles. The van der Waals surface area contributed by atoms with Crippen LogP contribution in [0, 0.1) is 0 Å². The van der Waals surface area contributed by atoms with E-state index in [1.165, 1.54) is 18.4 Å². The standard InChI is InChI=1S/C9H14N2O/c1-11-6-10-9(12)8(11)7-4-2-3-5-7/h2-6H2,1H3,(H,10,12). The molecule has 0 radical (unpaired) electrons. The number of likely N-dealkylation sites (N-methyl/N-ethyl adjacent to an activating group) is 1. The van der Waals surface area contributed by atoms with Gasteiger partial charge < -0.3 is 10.2 Å². The predicted molar refractivity (Wildman–Crippen MR) is 46.3 cm³/mol. The third-order valence-corrected chi connectivity index (χ3v) is 2.62. The molecular formula is C9H14N2O. The van der Waals surface area contributed by atoms with Gasteiger partial charge in [-0.15, -0.1) is 0 Å². The summed E-state index contributed by atoms with van der Waals surface area (Å²) in [6, 6.07) is 0. The van der Waals surface area contributed by atoms with E-state index in [0.717, 1.165) is 18.5 Å². The van der Waals surface area contributed by atoms with Crippen LogP contribution in [0.4, 0.5) is 0 Å². The Balaban J connectivity index is 2.29. The summed E-state index contributed by atoms with van der Waals surface area (Å²) in [5.74, 6) is 0.120. The van der Waals surface area contributed by atoms with Gasteiger partial charge in [-0.2, -0.15) is 0 Å². The van der Waals surface area contributed by atoms with E-state index < -0.39 is 0 Å². The summed E-state index contributed by atoms with van der Waals surface area (Å²) in [5.41, 5.74) is 2.29. The Morgan fingerprint density at radius 3 is 2.50 bits per heavy atom. The van der Waals surface area contributed by atoms with E-state index in [4.69, 9.17) is 0 Å². The molecule has 0 bridgehead atoms. The Kier molecular flexibility index (Phi) is 1.79. The lowest BCUT2D eigenvalue weighted by Gasteiger charge is -2.11. The van der Waals surface area contributed by atoms with Crippen LogP contribution in [0.25, 0.3) is 0 Å². The molecule has 0 unspecified atom stereocenters. The number of nitrogens with zero attached hydrogens (tertiary/aromatic N) is 1. The van der Waals surface area contributed by atoms with Gasteiger partial charge in [-0.3, -0.25) is 4.79 Å². The molecule has 2 rings (SSSR count). The van der Waals surface area contributed by atoms with E-state index in [1.54, 1.807) is 0 Å². The Labute approximate surface area is 72.4 Å². The molecule has 66 valence electrons. The highest BCUT2D eigenvalue weighted by Gasteiger charge is 2.26. The van der Waals surface area contributed by atoms with E-state index in [1.807, 2.05) is 11.9 Å². The highest BCUT2D eigenvalue weighted by molar-refractivity contribution is 5.95. The highest BCUT2D eigenvalue weighted by atomic mass is 16.2. The van der Waals surface area contributed by atoms with E-state index >= 15 is 0 Å². The lowest BCUT2D eigenvalue weighted by atomic mass is 10.1. The monoisotopic (exact) mass is 166 g/mol. The summed E-state index contributed by atoms with van der Waals surface area (Å²) < 4.78 is 0. The molecular weight excluding hydrogens is 152 g/mol. The summed E-state index contributed by atoms with van der Waals surface area (Å²) >= 11 is 0. The summed E-state index contributed by atoms with van der Waals surface area (Å²) in [6.07, 6.45) is 4.74.